The number of ether oxygens (including phenoxy) is 1. The second kappa shape index (κ2) is 11.4. The molecule has 3 aliphatic rings. The molecule has 1 aromatic heterocycles. The van der Waals surface area contributed by atoms with Gasteiger partial charge in [-0.3, -0.25) is 0 Å². The number of carboxylic acid groups (broad SMARTS) is 1. The summed E-state index contributed by atoms with van der Waals surface area (Å²) in [5.41, 5.74) is 2.47. The van der Waals surface area contributed by atoms with Gasteiger partial charge < -0.3 is 25.4 Å². The third-order valence-electron chi connectivity index (χ3n) is 7.74. The first kappa shape index (κ1) is 24.8. The van der Waals surface area contributed by atoms with E-state index < -0.39 is 12.0 Å². The Balaban J connectivity index is 1.14. The minimum Gasteiger partial charge on any atom is -0.480 e. The van der Waals surface area contributed by atoms with Gasteiger partial charge in [-0.05, 0) is 89.2 Å². The molecule has 1 aromatic rings. The Morgan fingerprint density at radius 3 is 2.74 bits per heavy atom. The lowest BCUT2D eigenvalue weighted by molar-refractivity contribution is -0.140. The number of piperidine rings is 1. The Kier molecular flexibility index (Phi) is 8.29. The first-order valence-electron chi connectivity index (χ1n) is 13.1. The van der Waals surface area contributed by atoms with Crippen LogP contribution in [-0.2, 0) is 22.4 Å². The molecule has 3 heterocycles. The maximum Gasteiger partial charge on any atom is 0.326 e. The highest BCUT2D eigenvalue weighted by Gasteiger charge is 2.33. The van der Waals surface area contributed by atoms with Gasteiger partial charge in [0.2, 0.25) is 0 Å². The molecule has 2 fully saturated rings. The molecule has 1 saturated carbocycles. The summed E-state index contributed by atoms with van der Waals surface area (Å²) in [5, 5.41) is 15.7. The average Bonchev–Trinajstić information content (AvgIpc) is 2.78. The number of carbonyl (C=O) groups is 2. The Labute approximate surface area is 202 Å². The number of carbonyl (C=O) groups excluding carboxylic acids is 1. The summed E-state index contributed by atoms with van der Waals surface area (Å²) < 4.78 is 5.93. The standard InChI is InChI=1S/C26H40N4O4/c1-17-5-3-6-18(2)30(17)26(33)29-23(25(31)32)12-14-34-22-15-19(16-22)8-10-21-11-9-20-7-4-13-27-24(20)28-21/h9,11,17-19,22-23H,3-8,10,12-16H2,1-2H3,(H,27,28)(H,29,33)(H,31,32)/t17-,18+,19?,22?,23-/m0/s1. The van der Waals surface area contributed by atoms with Crippen LogP contribution in [0.2, 0.25) is 0 Å². The fourth-order valence-electron chi connectivity index (χ4n) is 5.56. The van der Waals surface area contributed by atoms with Crippen LogP contribution in [0.5, 0.6) is 0 Å². The first-order valence-corrected chi connectivity index (χ1v) is 13.1. The summed E-state index contributed by atoms with van der Waals surface area (Å²) in [5.74, 6) is 0.684. The topological polar surface area (TPSA) is 104 Å². The van der Waals surface area contributed by atoms with E-state index in [-0.39, 0.29) is 30.6 Å². The maximum atomic E-state index is 12.7. The minimum atomic E-state index is -1.01. The van der Waals surface area contributed by atoms with E-state index in [0.717, 1.165) is 69.4 Å². The number of aliphatic carboxylic acids is 1. The molecule has 3 atom stereocenters. The molecule has 0 radical (unpaired) electrons. The third-order valence-corrected chi connectivity index (χ3v) is 7.74. The zero-order valence-corrected chi connectivity index (χ0v) is 20.6. The molecule has 188 valence electrons. The van der Waals surface area contributed by atoms with Gasteiger partial charge in [0.15, 0.2) is 0 Å². The van der Waals surface area contributed by atoms with Gasteiger partial charge in [-0.25, -0.2) is 14.6 Å². The first-order chi connectivity index (χ1) is 16.4. The highest BCUT2D eigenvalue weighted by Crippen LogP contribution is 2.34. The van der Waals surface area contributed by atoms with Crippen LogP contribution < -0.4 is 10.6 Å². The van der Waals surface area contributed by atoms with E-state index in [1.165, 1.54) is 12.0 Å². The SMILES string of the molecule is C[C@@H]1CCC[C@H](C)N1C(=O)N[C@@H](CCOC1CC(CCc2ccc3c(n2)NCCC3)C1)C(=O)O. The average molecular weight is 473 g/mol. The van der Waals surface area contributed by atoms with E-state index in [9.17, 15) is 14.7 Å². The van der Waals surface area contributed by atoms with E-state index in [1.54, 1.807) is 4.90 Å². The molecule has 0 spiro atoms. The number of fused-ring (bicyclic) bond motifs is 1. The number of nitrogens with one attached hydrogen (secondary N) is 2. The fraction of sp³-hybridized carbons (Fsp3) is 0.731. The molecule has 8 heteroatoms. The van der Waals surface area contributed by atoms with Crippen molar-refractivity contribution in [3.63, 3.8) is 0 Å². The molecule has 8 nitrogen and oxygen atoms in total. The van der Waals surface area contributed by atoms with Gasteiger partial charge in [0, 0.05) is 37.4 Å². The number of carboxylic acids is 1. The lowest BCUT2D eigenvalue weighted by atomic mass is 9.79. The molecule has 4 rings (SSSR count). The minimum absolute atomic E-state index is 0.133. The van der Waals surface area contributed by atoms with E-state index in [2.05, 4.69) is 22.8 Å². The van der Waals surface area contributed by atoms with E-state index in [1.807, 2.05) is 13.8 Å². The summed E-state index contributed by atoms with van der Waals surface area (Å²) in [6.07, 6.45) is 9.88. The van der Waals surface area contributed by atoms with Crippen LogP contribution in [-0.4, -0.2) is 64.4 Å². The number of aromatic nitrogens is 1. The molecule has 1 aliphatic carbocycles. The number of amides is 2. The molecule has 0 bridgehead atoms. The fourth-order valence-corrected chi connectivity index (χ4v) is 5.56. The molecule has 2 aliphatic heterocycles. The number of anilines is 1. The number of aryl methyl sites for hydroxylation is 2. The molecule has 0 unspecified atom stereocenters. The number of pyridine rings is 1. The number of urea groups is 1. The number of rotatable bonds is 9. The third kappa shape index (κ3) is 6.20. The Morgan fingerprint density at radius 1 is 1.24 bits per heavy atom. The highest BCUT2D eigenvalue weighted by atomic mass is 16.5. The predicted octanol–water partition coefficient (Wildman–Crippen LogP) is 3.98. The quantitative estimate of drug-likeness (QED) is 0.502. The van der Waals surface area contributed by atoms with Crippen LogP contribution >= 0.6 is 0 Å². The van der Waals surface area contributed by atoms with Gasteiger partial charge >= 0.3 is 12.0 Å². The van der Waals surface area contributed by atoms with Crippen molar-refractivity contribution in [2.75, 3.05) is 18.5 Å². The zero-order chi connectivity index (χ0) is 24.1. The van der Waals surface area contributed by atoms with Crippen LogP contribution in [0, 0.1) is 5.92 Å². The summed E-state index contributed by atoms with van der Waals surface area (Å²) in [7, 11) is 0. The normalized spacial score (nSPS) is 27.2. The molecular formula is C26H40N4O4. The van der Waals surface area contributed by atoms with Crippen LogP contribution in [0.1, 0.15) is 76.5 Å². The van der Waals surface area contributed by atoms with E-state index in [0.29, 0.717) is 12.5 Å². The van der Waals surface area contributed by atoms with Crippen molar-refractivity contribution in [2.24, 2.45) is 5.92 Å². The number of likely N-dealkylation sites (tertiary alicyclic amines) is 1. The largest absolute Gasteiger partial charge is 0.480 e. The van der Waals surface area contributed by atoms with Gasteiger partial charge in [0.05, 0.1) is 6.10 Å². The molecular weight excluding hydrogens is 432 g/mol. The highest BCUT2D eigenvalue weighted by molar-refractivity contribution is 5.83. The number of hydrogen-bond acceptors (Lipinski definition) is 5. The number of hydrogen-bond donors (Lipinski definition) is 3. The summed E-state index contributed by atoms with van der Waals surface area (Å²) in [6.45, 7) is 5.41. The maximum absolute atomic E-state index is 12.7. The van der Waals surface area contributed by atoms with Crippen molar-refractivity contribution in [1.82, 2.24) is 15.2 Å². The second-order valence-electron chi connectivity index (χ2n) is 10.4. The Hall–Kier alpha value is -2.35. The predicted molar refractivity (Wildman–Crippen MR) is 131 cm³/mol. The van der Waals surface area contributed by atoms with Crippen molar-refractivity contribution in [3.8, 4) is 0 Å². The summed E-state index contributed by atoms with van der Waals surface area (Å²) >= 11 is 0. The van der Waals surface area contributed by atoms with Crippen molar-refractivity contribution in [2.45, 2.75) is 102 Å². The Morgan fingerprint density at radius 2 is 2.00 bits per heavy atom. The second-order valence-corrected chi connectivity index (χ2v) is 10.4. The number of nitrogens with zero attached hydrogens (tertiary/aromatic N) is 2. The van der Waals surface area contributed by atoms with Crippen LogP contribution in [0.25, 0.3) is 0 Å². The lowest BCUT2D eigenvalue weighted by Gasteiger charge is -2.39. The van der Waals surface area contributed by atoms with Gasteiger partial charge in [-0.2, -0.15) is 0 Å². The van der Waals surface area contributed by atoms with Gasteiger partial charge in [0.25, 0.3) is 0 Å². The molecule has 34 heavy (non-hydrogen) atoms. The van der Waals surface area contributed by atoms with Crippen molar-refractivity contribution in [3.05, 3.63) is 23.4 Å². The lowest BCUT2D eigenvalue weighted by Crippen LogP contribution is -2.55. The zero-order valence-electron chi connectivity index (χ0n) is 20.6. The van der Waals surface area contributed by atoms with Crippen LogP contribution in [0.3, 0.4) is 0 Å². The van der Waals surface area contributed by atoms with Gasteiger partial charge in [-0.1, -0.05) is 6.07 Å². The van der Waals surface area contributed by atoms with E-state index in [4.69, 9.17) is 9.72 Å². The monoisotopic (exact) mass is 472 g/mol. The van der Waals surface area contributed by atoms with Crippen molar-refractivity contribution >= 4 is 17.8 Å². The van der Waals surface area contributed by atoms with Gasteiger partial charge in [0.1, 0.15) is 11.9 Å². The molecule has 2 amide bonds. The Bertz CT molecular complexity index is 847. The van der Waals surface area contributed by atoms with Crippen LogP contribution in [0.4, 0.5) is 10.6 Å². The van der Waals surface area contributed by atoms with Crippen LogP contribution in [0.15, 0.2) is 12.1 Å². The molecule has 0 aromatic carbocycles. The van der Waals surface area contributed by atoms with Crippen molar-refractivity contribution < 1.29 is 19.4 Å². The van der Waals surface area contributed by atoms with E-state index >= 15 is 0 Å². The molecule has 1 saturated heterocycles. The van der Waals surface area contributed by atoms with Gasteiger partial charge in [-0.15, -0.1) is 0 Å². The smallest absolute Gasteiger partial charge is 0.326 e. The summed E-state index contributed by atoms with van der Waals surface area (Å²) in [4.78, 5) is 31.0. The summed E-state index contributed by atoms with van der Waals surface area (Å²) in [6, 6.07) is 3.43. The van der Waals surface area contributed by atoms with Crippen molar-refractivity contribution in [1.29, 1.82) is 0 Å². The molecule has 3 N–H and O–H groups in total.